The largest absolute Gasteiger partial charge is 0.398 e. The SMILES string of the molecule is C[n+]1c(C=Cc2ccccc2Cl)oc2ccccc21. The highest BCUT2D eigenvalue weighted by molar-refractivity contribution is 6.32. The van der Waals surface area contributed by atoms with Gasteiger partial charge in [0.1, 0.15) is 7.05 Å². The van der Waals surface area contributed by atoms with E-state index < -0.39 is 0 Å². The van der Waals surface area contributed by atoms with Crippen LogP contribution < -0.4 is 4.57 Å². The number of aromatic nitrogens is 1. The van der Waals surface area contributed by atoms with Gasteiger partial charge in [0.2, 0.25) is 5.58 Å². The summed E-state index contributed by atoms with van der Waals surface area (Å²) in [6.07, 6.45) is 3.89. The molecule has 0 unspecified atom stereocenters. The summed E-state index contributed by atoms with van der Waals surface area (Å²) in [4.78, 5) is 0. The van der Waals surface area contributed by atoms with Crippen LogP contribution in [0.4, 0.5) is 0 Å². The number of oxazole rings is 1. The number of hydrogen-bond donors (Lipinski definition) is 0. The second kappa shape index (κ2) is 4.90. The maximum absolute atomic E-state index is 6.12. The molecule has 0 aliphatic heterocycles. The third-order valence-electron chi connectivity index (χ3n) is 3.08. The first-order valence-corrected chi connectivity index (χ1v) is 6.44. The van der Waals surface area contributed by atoms with E-state index in [0.717, 1.165) is 27.6 Å². The van der Waals surface area contributed by atoms with Crippen molar-refractivity contribution in [3.05, 3.63) is 65.0 Å². The molecule has 0 N–H and O–H groups in total. The Kier molecular flexibility index (Phi) is 3.10. The van der Waals surface area contributed by atoms with Gasteiger partial charge >= 0.3 is 5.89 Å². The van der Waals surface area contributed by atoms with Crippen LogP contribution in [0.5, 0.6) is 0 Å². The molecule has 94 valence electrons. The van der Waals surface area contributed by atoms with Crippen molar-refractivity contribution >= 4 is 34.9 Å². The lowest BCUT2D eigenvalue weighted by Crippen LogP contribution is -2.29. The Labute approximate surface area is 116 Å². The molecule has 0 aliphatic rings. The van der Waals surface area contributed by atoms with E-state index in [1.165, 1.54) is 0 Å². The Morgan fingerprint density at radius 1 is 1.00 bits per heavy atom. The van der Waals surface area contributed by atoms with Gasteiger partial charge in [-0.25, -0.2) is 0 Å². The maximum Gasteiger partial charge on any atom is 0.373 e. The van der Waals surface area contributed by atoms with E-state index in [1.807, 2.05) is 72.3 Å². The molecule has 0 fully saturated rings. The van der Waals surface area contributed by atoms with Crippen molar-refractivity contribution < 1.29 is 8.98 Å². The third-order valence-corrected chi connectivity index (χ3v) is 3.43. The van der Waals surface area contributed by atoms with Crippen LogP contribution in [0.25, 0.3) is 23.3 Å². The number of aryl methyl sites for hydroxylation is 1. The Hall–Kier alpha value is -2.06. The summed E-state index contributed by atoms with van der Waals surface area (Å²) < 4.78 is 7.81. The van der Waals surface area contributed by atoms with E-state index in [9.17, 15) is 0 Å². The fourth-order valence-corrected chi connectivity index (χ4v) is 2.24. The van der Waals surface area contributed by atoms with Crippen LogP contribution >= 0.6 is 11.6 Å². The number of nitrogens with zero attached hydrogens (tertiary/aromatic N) is 1. The topological polar surface area (TPSA) is 17.0 Å². The molecule has 0 aliphatic carbocycles. The molecule has 3 heteroatoms. The van der Waals surface area contributed by atoms with Crippen LogP contribution in [-0.2, 0) is 7.05 Å². The van der Waals surface area contributed by atoms with Crippen molar-refractivity contribution in [3.8, 4) is 0 Å². The van der Waals surface area contributed by atoms with E-state index in [1.54, 1.807) is 0 Å². The van der Waals surface area contributed by atoms with Gasteiger partial charge in [-0.1, -0.05) is 41.9 Å². The molecule has 0 saturated heterocycles. The Balaban J connectivity index is 2.02. The maximum atomic E-state index is 6.12. The van der Waals surface area contributed by atoms with Gasteiger partial charge in [0.25, 0.3) is 5.52 Å². The predicted octanol–water partition coefficient (Wildman–Crippen LogP) is 4.08. The quantitative estimate of drug-likeness (QED) is 0.641. The minimum atomic E-state index is 0.734. The van der Waals surface area contributed by atoms with E-state index >= 15 is 0 Å². The molecule has 19 heavy (non-hydrogen) atoms. The molecule has 1 aromatic heterocycles. The summed E-state index contributed by atoms with van der Waals surface area (Å²) in [6, 6.07) is 15.7. The summed E-state index contributed by atoms with van der Waals surface area (Å²) >= 11 is 6.12. The van der Waals surface area contributed by atoms with Crippen molar-refractivity contribution in [1.29, 1.82) is 0 Å². The Bertz CT molecular complexity index is 758. The first kappa shape index (κ1) is 12.0. The molecule has 2 aromatic carbocycles. The Morgan fingerprint density at radius 3 is 2.53 bits per heavy atom. The molecule has 1 heterocycles. The lowest BCUT2D eigenvalue weighted by Gasteiger charge is -1.94. The van der Waals surface area contributed by atoms with Crippen molar-refractivity contribution in [2.45, 2.75) is 0 Å². The van der Waals surface area contributed by atoms with Gasteiger partial charge in [-0.3, -0.25) is 0 Å². The molecule has 0 saturated carbocycles. The zero-order valence-corrected chi connectivity index (χ0v) is 11.3. The summed E-state index contributed by atoms with van der Waals surface area (Å²) in [7, 11) is 1.98. The third kappa shape index (κ3) is 2.27. The van der Waals surface area contributed by atoms with Crippen molar-refractivity contribution in [2.75, 3.05) is 0 Å². The van der Waals surface area contributed by atoms with Gasteiger partial charge in [-0.15, -0.1) is 0 Å². The highest BCUT2D eigenvalue weighted by Crippen LogP contribution is 2.19. The number of hydrogen-bond acceptors (Lipinski definition) is 1. The molecular weight excluding hydrogens is 258 g/mol. The van der Waals surface area contributed by atoms with Gasteiger partial charge in [0.05, 0.1) is 6.08 Å². The molecule has 0 amide bonds. The molecular formula is C16H13ClNO+. The number of para-hydroxylation sites is 2. The number of rotatable bonds is 2. The van der Waals surface area contributed by atoms with Crippen LogP contribution in [-0.4, -0.2) is 0 Å². The number of benzene rings is 2. The molecule has 0 radical (unpaired) electrons. The van der Waals surface area contributed by atoms with E-state index in [-0.39, 0.29) is 0 Å². The summed E-state index contributed by atoms with van der Waals surface area (Å²) in [5, 5.41) is 0.734. The predicted molar refractivity (Wildman–Crippen MR) is 77.8 cm³/mol. The van der Waals surface area contributed by atoms with Crippen LogP contribution in [0.15, 0.2) is 52.9 Å². The van der Waals surface area contributed by atoms with Gasteiger partial charge < -0.3 is 4.42 Å². The minimum Gasteiger partial charge on any atom is -0.398 e. The van der Waals surface area contributed by atoms with Gasteiger partial charge in [0.15, 0.2) is 0 Å². The minimum absolute atomic E-state index is 0.734. The second-order valence-electron chi connectivity index (χ2n) is 4.32. The average Bonchev–Trinajstić information content (AvgIpc) is 2.75. The summed E-state index contributed by atoms with van der Waals surface area (Å²) in [5.41, 5.74) is 2.93. The van der Waals surface area contributed by atoms with E-state index in [2.05, 4.69) is 0 Å². The molecule has 0 bridgehead atoms. The Morgan fingerprint density at radius 2 is 1.74 bits per heavy atom. The standard InChI is InChI=1S/C16H13ClNO/c1-18-14-8-4-5-9-15(14)19-16(18)11-10-12-6-2-3-7-13(12)17/h2-11H,1H3/q+1. The lowest BCUT2D eigenvalue weighted by atomic mass is 10.2. The van der Waals surface area contributed by atoms with Crippen molar-refractivity contribution in [1.82, 2.24) is 0 Å². The van der Waals surface area contributed by atoms with Crippen LogP contribution in [0.3, 0.4) is 0 Å². The van der Waals surface area contributed by atoms with Gasteiger partial charge in [-0.2, -0.15) is 4.57 Å². The van der Waals surface area contributed by atoms with Crippen molar-refractivity contribution in [2.24, 2.45) is 7.05 Å². The molecule has 3 rings (SSSR count). The summed E-state index contributed by atoms with van der Waals surface area (Å²) in [5.74, 6) is 0.793. The monoisotopic (exact) mass is 270 g/mol. The highest BCUT2D eigenvalue weighted by Gasteiger charge is 2.15. The first-order chi connectivity index (χ1) is 9.25. The molecule has 0 spiro atoms. The number of fused-ring (bicyclic) bond motifs is 1. The fourth-order valence-electron chi connectivity index (χ4n) is 2.04. The zero-order chi connectivity index (χ0) is 13.2. The summed E-state index contributed by atoms with van der Waals surface area (Å²) in [6.45, 7) is 0. The fraction of sp³-hybridized carbons (Fsp3) is 0.0625. The molecule has 0 atom stereocenters. The molecule has 3 aromatic rings. The average molecular weight is 271 g/mol. The number of halogens is 1. The van der Waals surface area contributed by atoms with Crippen molar-refractivity contribution in [3.63, 3.8) is 0 Å². The zero-order valence-electron chi connectivity index (χ0n) is 10.5. The normalized spacial score (nSPS) is 11.5. The first-order valence-electron chi connectivity index (χ1n) is 6.06. The van der Waals surface area contributed by atoms with Gasteiger partial charge in [-0.05, 0) is 23.8 Å². The second-order valence-corrected chi connectivity index (χ2v) is 4.73. The van der Waals surface area contributed by atoms with Gasteiger partial charge in [0, 0.05) is 11.1 Å². The lowest BCUT2D eigenvalue weighted by molar-refractivity contribution is -0.651. The smallest absolute Gasteiger partial charge is 0.373 e. The van der Waals surface area contributed by atoms with Crippen LogP contribution in [0.1, 0.15) is 11.5 Å². The van der Waals surface area contributed by atoms with E-state index in [4.69, 9.17) is 16.0 Å². The molecule has 2 nitrogen and oxygen atoms in total. The highest BCUT2D eigenvalue weighted by atomic mass is 35.5. The van der Waals surface area contributed by atoms with E-state index in [0.29, 0.717) is 0 Å². The van der Waals surface area contributed by atoms with Crippen LogP contribution in [0.2, 0.25) is 5.02 Å². The van der Waals surface area contributed by atoms with Crippen LogP contribution in [0, 0.1) is 0 Å².